The number of carbonyl (C=O) groups excluding carboxylic acids is 7. The van der Waals surface area contributed by atoms with E-state index in [1.807, 2.05) is 0 Å². The lowest BCUT2D eigenvalue weighted by atomic mass is 10.0. The monoisotopic (exact) mass is 675 g/mol. The highest BCUT2D eigenvalue weighted by Gasteiger charge is 2.35. The van der Waals surface area contributed by atoms with E-state index in [0.29, 0.717) is 44.5 Å². The number of imide groups is 1. The molecule has 2 fully saturated rings. The predicted molar refractivity (Wildman–Crippen MR) is 175 cm³/mol. The number of urea groups is 1. The summed E-state index contributed by atoms with van der Waals surface area (Å²) >= 11 is 4.11. The minimum Gasteiger partial charge on any atom is -0.445 e. The number of unbranched alkanes of at least 4 members (excludes halogenated alkanes) is 2. The molecule has 1 aromatic carbocycles. The van der Waals surface area contributed by atoms with Crippen molar-refractivity contribution in [1.82, 2.24) is 25.8 Å². The number of likely N-dealkylation sites (tertiary alicyclic amines) is 1. The topological polar surface area (TPSA) is 209 Å². The highest BCUT2D eigenvalue weighted by atomic mass is 32.1. The van der Waals surface area contributed by atoms with Gasteiger partial charge in [0, 0.05) is 44.7 Å². The third kappa shape index (κ3) is 12.4. The molecule has 1 aromatic rings. The quantitative estimate of drug-likeness (QED) is 0.0576. The fraction of sp³-hybridized carbons (Fsp3) is 0.581. The standard InChI is InChI=1S/C31H45N7O8S/c1-19(2)26(36-24(39)8-4-3-5-14-38-25(40)17-23(47)29(38)43)28(42)35-22(7-6-13-33-30(32)44)27(41)34-21-11-9-20(10-12-21)18-46-31(45)37-15-16-37/h9-12,19,22-23,26,47H,3-8,13-18H2,1-2H3,(H,34,41)(H,35,42)(H,36,39)(H3,32,33,44)/t22-,23?,26-/m0/s1. The summed E-state index contributed by atoms with van der Waals surface area (Å²) < 4.78 is 5.21. The lowest BCUT2D eigenvalue weighted by Crippen LogP contribution is -2.54. The Kier molecular flexibility index (Phi) is 14.3. The molecule has 0 saturated carbocycles. The normalized spacial score (nSPS) is 16.8. The van der Waals surface area contributed by atoms with Gasteiger partial charge in [-0.3, -0.25) is 28.9 Å². The Morgan fingerprint density at radius 2 is 1.68 bits per heavy atom. The lowest BCUT2D eigenvalue weighted by Gasteiger charge is -2.25. The van der Waals surface area contributed by atoms with Crippen molar-refractivity contribution < 1.29 is 38.3 Å². The molecule has 0 radical (unpaired) electrons. The highest BCUT2D eigenvalue weighted by molar-refractivity contribution is 7.81. The molecular weight excluding hydrogens is 630 g/mol. The summed E-state index contributed by atoms with van der Waals surface area (Å²) in [5.41, 5.74) is 6.33. The van der Waals surface area contributed by atoms with Gasteiger partial charge in [-0.15, -0.1) is 0 Å². The number of hydrogen-bond donors (Lipinski definition) is 6. The van der Waals surface area contributed by atoms with Crippen molar-refractivity contribution in [2.45, 2.75) is 82.7 Å². The molecule has 1 unspecified atom stereocenters. The Morgan fingerprint density at radius 1 is 0.979 bits per heavy atom. The molecule has 3 atom stereocenters. The van der Waals surface area contributed by atoms with E-state index in [0.717, 1.165) is 5.56 Å². The number of rotatable bonds is 18. The summed E-state index contributed by atoms with van der Waals surface area (Å²) in [6.45, 7) is 5.50. The van der Waals surface area contributed by atoms with Gasteiger partial charge in [0.1, 0.15) is 18.7 Å². The molecule has 2 aliphatic heterocycles. The van der Waals surface area contributed by atoms with E-state index in [2.05, 4.69) is 33.9 Å². The van der Waals surface area contributed by atoms with E-state index in [1.165, 1.54) is 4.90 Å². The molecule has 8 amide bonds. The molecule has 6 N–H and O–H groups in total. The predicted octanol–water partition coefficient (Wildman–Crippen LogP) is 1.27. The molecule has 16 heteroatoms. The van der Waals surface area contributed by atoms with Crippen LogP contribution < -0.4 is 27.0 Å². The van der Waals surface area contributed by atoms with E-state index in [-0.39, 0.29) is 68.7 Å². The van der Waals surface area contributed by atoms with E-state index >= 15 is 0 Å². The molecule has 258 valence electrons. The maximum atomic E-state index is 13.3. The van der Waals surface area contributed by atoms with Gasteiger partial charge >= 0.3 is 12.1 Å². The SMILES string of the molecule is CC(C)[C@H](NC(=O)CCCCCN1C(=O)CC(S)C1=O)C(=O)N[C@@H](CCCNC(N)=O)C(=O)Nc1ccc(COC(=O)N2CC2)cc1. The molecule has 2 aliphatic rings. The summed E-state index contributed by atoms with van der Waals surface area (Å²) in [5.74, 6) is -2.20. The Bertz CT molecular complexity index is 1310. The van der Waals surface area contributed by atoms with Crippen LogP contribution in [0.25, 0.3) is 0 Å². The summed E-state index contributed by atoms with van der Waals surface area (Å²) in [6, 6.07) is 4.12. The molecule has 2 heterocycles. The minimum absolute atomic E-state index is 0.0921. The third-order valence-corrected chi connectivity index (χ3v) is 8.07. The van der Waals surface area contributed by atoms with Crippen LogP contribution in [0.3, 0.4) is 0 Å². The van der Waals surface area contributed by atoms with Crippen LogP contribution in [0.1, 0.15) is 64.4 Å². The van der Waals surface area contributed by atoms with Crippen LogP contribution >= 0.6 is 12.6 Å². The third-order valence-electron chi connectivity index (χ3n) is 7.66. The number of amides is 8. The van der Waals surface area contributed by atoms with Crippen LogP contribution in [-0.2, 0) is 35.3 Å². The molecule has 0 bridgehead atoms. The van der Waals surface area contributed by atoms with E-state index in [9.17, 15) is 33.6 Å². The van der Waals surface area contributed by atoms with Crippen LogP contribution in [0.4, 0.5) is 15.3 Å². The van der Waals surface area contributed by atoms with E-state index < -0.39 is 35.2 Å². The van der Waals surface area contributed by atoms with Crippen LogP contribution in [-0.4, -0.2) is 95.0 Å². The molecule has 0 aromatic heterocycles. The van der Waals surface area contributed by atoms with E-state index in [1.54, 1.807) is 43.0 Å². The number of primary amides is 1. The molecule has 0 aliphatic carbocycles. The maximum absolute atomic E-state index is 13.3. The Labute approximate surface area is 279 Å². The van der Waals surface area contributed by atoms with Crippen LogP contribution in [0, 0.1) is 5.92 Å². The Hall–Kier alpha value is -4.34. The molecule has 47 heavy (non-hydrogen) atoms. The zero-order valence-corrected chi connectivity index (χ0v) is 27.7. The zero-order chi connectivity index (χ0) is 34.5. The molecular formula is C31H45N7O8S. The van der Waals surface area contributed by atoms with Gasteiger partial charge in [0.25, 0.3) is 0 Å². The van der Waals surface area contributed by atoms with Crippen molar-refractivity contribution in [3.8, 4) is 0 Å². The van der Waals surface area contributed by atoms with Crippen molar-refractivity contribution in [2.75, 3.05) is 31.5 Å². The largest absolute Gasteiger partial charge is 0.445 e. The number of nitrogens with one attached hydrogen (secondary N) is 4. The molecule has 0 spiro atoms. The number of ether oxygens (including phenoxy) is 1. The average Bonchev–Trinajstić information content (AvgIpc) is 3.84. The van der Waals surface area contributed by atoms with E-state index in [4.69, 9.17) is 10.5 Å². The summed E-state index contributed by atoms with van der Waals surface area (Å²) in [5, 5.41) is 10.1. The molecule has 3 rings (SSSR count). The zero-order valence-electron chi connectivity index (χ0n) is 26.8. The summed E-state index contributed by atoms with van der Waals surface area (Å²) in [4.78, 5) is 88.8. The highest BCUT2D eigenvalue weighted by Crippen LogP contribution is 2.19. The number of anilines is 1. The van der Waals surface area contributed by atoms with Gasteiger partial charge in [-0.1, -0.05) is 32.4 Å². The van der Waals surface area contributed by atoms with Gasteiger partial charge < -0.3 is 36.6 Å². The first-order chi connectivity index (χ1) is 22.3. The number of nitrogens with zero attached hydrogens (tertiary/aromatic N) is 2. The van der Waals surface area contributed by atoms with Crippen molar-refractivity contribution in [1.29, 1.82) is 0 Å². The van der Waals surface area contributed by atoms with Gasteiger partial charge in [-0.2, -0.15) is 12.6 Å². The number of hydrogen-bond acceptors (Lipinski definition) is 9. The van der Waals surface area contributed by atoms with Crippen LogP contribution in [0.5, 0.6) is 0 Å². The summed E-state index contributed by atoms with van der Waals surface area (Å²) in [7, 11) is 0. The van der Waals surface area contributed by atoms with Gasteiger partial charge in [0.2, 0.25) is 29.5 Å². The smallest absolute Gasteiger partial charge is 0.410 e. The number of nitrogens with two attached hydrogens (primary N) is 1. The van der Waals surface area contributed by atoms with Gasteiger partial charge in [0.05, 0.1) is 5.25 Å². The van der Waals surface area contributed by atoms with Crippen molar-refractivity contribution >= 4 is 60.0 Å². The first-order valence-electron chi connectivity index (χ1n) is 15.8. The number of thiol groups is 1. The summed E-state index contributed by atoms with van der Waals surface area (Å²) in [6.07, 6.45) is 2.03. The lowest BCUT2D eigenvalue weighted by molar-refractivity contribution is -0.138. The number of benzene rings is 1. The van der Waals surface area contributed by atoms with Crippen molar-refractivity contribution in [2.24, 2.45) is 11.7 Å². The van der Waals surface area contributed by atoms with Crippen LogP contribution in [0.2, 0.25) is 0 Å². The fourth-order valence-electron chi connectivity index (χ4n) is 4.84. The minimum atomic E-state index is -0.989. The average molecular weight is 676 g/mol. The first-order valence-corrected chi connectivity index (χ1v) is 16.3. The van der Waals surface area contributed by atoms with Gasteiger partial charge in [-0.25, -0.2) is 9.59 Å². The van der Waals surface area contributed by atoms with Gasteiger partial charge in [-0.05, 0) is 49.3 Å². The van der Waals surface area contributed by atoms with Crippen LogP contribution in [0.15, 0.2) is 24.3 Å². The van der Waals surface area contributed by atoms with Crippen molar-refractivity contribution in [3.63, 3.8) is 0 Å². The first kappa shape index (κ1) is 37.1. The second-order valence-corrected chi connectivity index (χ2v) is 12.5. The fourth-order valence-corrected chi connectivity index (χ4v) is 5.14. The van der Waals surface area contributed by atoms with Crippen molar-refractivity contribution in [3.05, 3.63) is 29.8 Å². The van der Waals surface area contributed by atoms with Gasteiger partial charge in [0.15, 0.2) is 0 Å². The second-order valence-electron chi connectivity index (χ2n) is 11.9. The molecule has 2 saturated heterocycles. The number of carbonyl (C=O) groups is 7. The Balaban J connectivity index is 1.51. The maximum Gasteiger partial charge on any atom is 0.410 e. The Morgan fingerprint density at radius 3 is 2.28 bits per heavy atom. The second kappa shape index (κ2) is 18.1. The molecule has 15 nitrogen and oxygen atoms in total.